The number of anilines is 1. The molecule has 5 aromatic rings. The molecule has 0 spiro atoms. The average Bonchev–Trinajstić information content (AvgIpc) is 3.41. The second kappa shape index (κ2) is 12.1. The topological polar surface area (TPSA) is 104 Å². The highest BCUT2D eigenvalue weighted by molar-refractivity contribution is 7.89. The molecule has 8 heteroatoms. The van der Waals surface area contributed by atoms with Crippen LogP contribution < -0.4 is 10.0 Å². The summed E-state index contributed by atoms with van der Waals surface area (Å²) < 4.78 is 30.9. The third-order valence-electron chi connectivity index (χ3n) is 6.71. The van der Waals surface area contributed by atoms with E-state index >= 15 is 0 Å². The molecule has 0 fully saturated rings. The van der Waals surface area contributed by atoms with Gasteiger partial charge in [0.25, 0.3) is 5.91 Å². The zero-order chi connectivity index (χ0) is 30.6. The number of carbonyl (C=O) groups is 1. The third kappa shape index (κ3) is 7.09. The number of benzene rings is 4. The fourth-order valence-electron chi connectivity index (χ4n) is 4.89. The Morgan fingerprint density at radius 2 is 1.51 bits per heavy atom. The summed E-state index contributed by atoms with van der Waals surface area (Å²) in [6.07, 6.45) is 3.74. The van der Waals surface area contributed by atoms with Gasteiger partial charge in [-0.15, -0.1) is 0 Å². The number of rotatable bonds is 8. The van der Waals surface area contributed by atoms with Crippen molar-refractivity contribution in [3.05, 3.63) is 132 Å². The van der Waals surface area contributed by atoms with Crippen LogP contribution in [0.1, 0.15) is 42.3 Å². The fourth-order valence-corrected chi connectivity index (χ4v) is 6.54. The van der Waals surface area contributed by atoms with E-state index in [0.717, 1.165) is 11.1 Å². The molecular weight excluding hydrogens is 556 g/mol. The minimum Gasteiger partial charge on any atom is -0.348 e. The molecule has 4 aromatic carbocycles. The lowest BCUT2D eigenvalue weighted by Crippen LogP contribution is -2.40. The number of hydrogen-bond donors (Lipinski definition) is 2. The van der Waals surface area contributed by atoms with E-state index in [1.165, 1.54) is 0 Å². The van der Waals surface area contributed by atoms with Crippen LogP contribution in [-0.2, 0) is 16.6 Å². The lowest BCUT2D eigenvalue weighted by molar-refractivity contribution is 0.102. The molecule has 0 bridgehead atoms. The van der Waals surface area contributed by atoms with Crippen molar-refractivity contribution < 1.29 is 13.2 Å². The van der Waals surface area contributed by atoms with Gasteiger partial charge in [-0.05, 0) is 67.8 Å². The number of sulfonamides is 1. The Balaban J connectivity index is 1.43. The summed E-state index contributed by atoms with van der Waals surface area (Å²) >= 11 is 0. The van der Waals surface area contributed by atoms with E-state index in [0.29, 0.717) is 40.0 Å². The van der Waals surface area contributed by atoms with Gasteiger partial charge in [0.15, 0.2) is 0 Å². The Morgan fingerprint density at radius 3 is 2.21 bits per heavy atom. The second-order valence-electron chi connectivity index (χ2n) is 11.3. The molecule has 216 valence electrons. The smallest absolute Gasteiger partial charge is 0.257 e. The molecule has 5 rings (SSSR count). The van der Waals surface area contributed by atoms with Crippen LogP contribution in [0.3, 0.4) is 0 Å². The molecule has 0 aliphatic heterocycles. The molecule has 0 saturated carbocycles. The van der Waals surface area contributed by atoms with Crippen molar-refractivity contribution in [1.29, 1.82) is 5.26 Å². The summed E-state index contributed by atoms with van der Waals surface area (Å²) in [5, 5.41) is 12.4. The van der Waals surface area contributed by atoms with Crippen molar-refractivity contribution in [2.24, 2.45) is 0 Å². The zero-order valence-electron chi connectivity index (χ0n) is 24.2. The first-order valence-corrected chi connectivity index (χ1v) is 15.3. The van der Waals surface area contributed by atoms with Crippen LogP contribution in [0.25, 0.3) is 22.3 Å². The van der Waals surface area contributed by atoms with E-state index in [2.05, 4.69) is 16.1 Å². The predicted octanol–water partition coefficient (Wildman–Crippen LogP) is 7.07. The van der Waals surface area contributed by atoms with Gasteiger partial charge in [-0.3, -0.25) is 4.79 Å². The molecule has 0 radical (unpaired) electrons. The van der Waals surface area contributed by atoms with Crippen LogP contribution >= 0.6 is 0 Å². The number of carbonyl (C=O) groups excluding carboxylic acids is 1. The van der Waals surface area contributed by atoms with E-state index < -0.39 is 15.6 Å². The van der Waals surface area contributed by atoms with Gasteiger partial charge in [0.1, 0.15) is 0 Å². The number of nitrogens with zero attached hydrogens (tertiary/aromatic N) is 2. The van der Waals surface area contributed by atoms with Crippen LogP contribution in [0.4, 0.5) is 5.69 Å². The Labute approximate surface area is 252 Å². The van der Waals surface area contributed by atoms with Crippen LogP contribution in [0.15, 0.2) is 120 Å². The van der Waals surface area contributed by atoms with Crippen molar-refractivity contribution >= 4 is 21.6 Å². The molecule has 1 aromatic heterocycles. The minimum absolute atomic E-state index is 0.186. The summed E-state index contributed by atoms with van der Waals surface area (Å²) in [6, 6.07) is 33.3. The SMILES string of the molecule is CC(C)(C)NS(=O)(=O)c1ccccc1-c1ccc(NC(=O)c2cn(Cc3ccccc3)cc2-c2cccc(C#N)c2)cc1. The van der Waals surface area contributed by atoms with Crippen molar-refractivity contribution in [3.8, 4) is 28.3 Å². The second-order valence-corrected chi connectivity index (χ2v) is 13.0. The maximum Gasteiger partial charge on any atom is 0.257 e. The summed E-state index contributed by atoms with van der Waals surface area (Å²) in [5.41, 5.74) is 4.77. The summed E-state index contributed by atoms with van der Waals surface area (Å²) in [7, 11) is -3.76. The molecular formula is C35H32N4O3S. The molecule has 0 saturated heterocycles. The summed E-state index contributed by atoms with van der Waals surface area (Å²) in [6.45, 7) is 5.98. The molecule has 1 heterocycles. The van der Waals surface area contributed by atoms with Gasteiger partial charge in [-0.1, -0.05) is 72.8 Å². The summed E-state index contributed by atoms with van der Waals surface area (Å²) in [4.78, 5) is 13.8. The van der Waals surface area contributed by atoms with Crippen LogP contribution in [0.2, 0.25) is 0 Å². The maximum atomic E-state index is 13.6. The number of nitriles is 1. The maximum absolute atomic E-state index is 13.6. The molecule has 0 unspecified atom stereocenters. The molecule has 0 aliphatic carbocycles. The first kappa shape index (κ1) is 29.5. The minimum atomic E-state index is -3.76. The Morgan fingerprint density at radius 1 is 0.814 bits per heavy atom. The lowest BCUT2D eigenvalue weighted by Gasteiger charge is -2.21. The first-order chi connectivity index (χ1) is 20.5. The van der Waals surface area contributed by atoms with Crippen LogP contribution in [0, 0.1) is 11.3 Å². The van der Waals surface area contributed by atoms with Gasteiger partial charge in [0.2, 0.25) is 10.0 Å². The van der Waals surface area contributed by atoms with Crippen LogP contribution in [0.5, 0.6) is 0 Å². The van der Waals surface area contributed by atoms with E-state index in [1.807, 2.05) is 53.4 Å². The molecule has 43 heavy (non-hydrogen) atoms. The van der Waals surface area contributed by atoms with Crippen molar-refractivity contribution in [2.75, 3.05) is 5.32 Å². The summed E-state index contributed by atoms with van der Waals surface area (Å²) in [5.74, 6) is -0.297. The Kier molecular flexibility index (Phi) is 8.31. The molecule has 1 amide bonds. The normalized spacial score (nSPS) is 11.6. The van der Waals surface area contributed by atoms with Crippen LogP contribution in [-0.4, -0.2) is 24.4 Å². The molecule has 2 N–H and O–H groups in total. The van der Waals surface area contributed by atoms with Gasteiger partial charge >= 0.3 is 0 Å². The standard InChI is InChI=1S/C35H32N4O3S/c1-35(2,3)38-43(41,42)33-15-8-7-14-30(33)27-16-18-29(19-17-27)37-34(40)32-24-39(22-25-10-5-4-6-11-25)23-31(32)28-13-9-12-26(20-28)21-36/h4-20,23-24,38H,22H2,1-3H3,(H,37,40). The van der Waals surface area contributed by atoms with E-state index in [1.54, 1.807) is 87.5 Å². The highest BCUT2D eigenvalue weighted by Gasteiger charge is 2.25. The van der Waals surface area contributed by atoms with Crippen molar-refractivity contribution in [2.45, 2.75) is 37.8 Å². The van der Waals surface area contributed by atoms with Gasteiger partial charge < -0.3 is 9.88 Å². The number of nitrogens with one attached hydrogen (secondary N) is 2. The third-order valence-corrected chi connectivity index (χ3v) is 8.52. The van der Waals surface area contributed by atoms with Gasteiger partial charge in [-0.25, -0.2) is 13.1 Å². The van der Waals surface area contributed by atoms with E-state index in [9.17, 15) is 18.5 Å². The first-order valence-electron chi connectivity index (χ1n) is 13.8. The molecule has 0 atom stereocenters. The highest BCUT2D eigenvalue weighted by atomic mass is 32.2. The lowest BCUT2D eigenvalue weighted by atomic mass is 10.0. The number of aromatic nitrogens is 1. The average molecular weight is 589 g/mol. The van der Waals surface area contributed by atoms with Crippen molar-refractivity contribution in [3.63, 3.8) is 0 Å². The fraction of sp³-hybridized carbons (Fsp3) is 0.143. The van der Waals surface area contributed by atoms with E-state index in [-0.39, 0.29) is 10.8 Å². The number of hydrogen-bond acceptors (Lipinski definition) is 4. The quantitative estimate of drug-likeness (QED) is 0.202. The number of amides is 1. The predicted molar refractivity (Wildman–Crippen MR) is 170 cm³/mol. The van der Waals surface area contributed by atoms with Gasteiger partial charge in [-0.2, -0.15) is 5.26 Å². The largest absolute Gasteiger partial charge is 0.348 e. The highest BCUT2D eigenvalue weighted by Crippen LogP contribution is 2.30. The van der Waals surface area contributed by atoms with Gasteiger partial charge in [0, 0.05) is 41.3 Å². The molecule has 7 nitrogen and oxygen atoms in total. The Bertz CT molecular complexity index is 1910. The van der Waals surface area contributed by atoms with E-state index in [4.69, 9.17) is 0 Å². The Hall–Kier alpha value is -4.97. The zero-order valence-corrected chi connectivity index (χ0v) is 25.0. The van der Waals surface area contributed by atoms with Crippen molar-refractivity contribution in [1.82, 2.24) is 9.29 Å². The monoisotopic (exact) mass is 588 g/mol. The van der Waals surface area contributed by atoms with Gasteiger partial charge in [0.05, 0.1) is 22.1 Å². The molecule has 0 aliphatic rings.